The van der Waals surface area contributed by atoms with Gasteiger partial charge in [-0.05, 0) is 36.1 Å². The van der Waals surface area contributed by atoms with Crippen molar-refractivity contribution in [2.75, 3.05) is 6.54 Å². The van der Waals surface area contributed by atoms with Crippen molar-refractivity contribution in [3.8, 4) is 0 Å². The minimum absolute atomic E-state index is 0.196. The summed E-state index contributed by atoms with van der Waals surface area (Å²) < 4.78 is 0. The Labute approximate surface area is 125 Å². The van der Waals surface area contributed by atoms with Gasteiger partial charge in [0.1, 0.15) is 0 Å². The summed E-state index contributed by atoms with van der Waals surface area (Å²) in [5, 5.41) is 2.14. The van der Waals surface area contributed by atoms with Crippen LogP contribution in [0.25, 0.3) is 0 Å². The van der Waals surface area contributed by atoms with Gasteiger partial charge in [0, 0.05) is 4.88 Å². The third kappa shape index (κ3) is 2.46. The van der Waals surface area contributed by atoms with E-state index in [0.29, 0.717) is 0 Å². The predicted molar refractivity (Wildman–Crippen MR) is 85.9 cm³/mol. The van der Waals surface area contributed by atoms with Gasteiger partial charge in [-0.1, -0.05) is 32.8 Å². The average Bonchev–Trinajstić information content (AvgIpc) is 3.04. The van der Waals surface area contributed by atoms with Crippen LogP contribution in [0.1, 0.15) is 44.4 Å². The van der Waals surface area contributed by atoms with Crippen LogP contribution >= 0.6 is 11.3 Å². The lowest BCUT2D eigenvalue weighted by Gasteiger charge is -2.45. The fraction of sp³-hybridized carbons (Fsp3) is 0.688. The topological polar surface area (TPSA) is 41.6 Å². The molecule has 2 N–H and O–H groups in total. The molecule has 2 heterocycles. The second kappa shape index (κ2) is 5.40. The van der Waals surface area contributed by atoms with Gasteiger partial charge in [0.15, 0.2) is 5.96 Å². The molecule has 3 nitrogen and oxygen atoms in total. The van der Waals surface area contributed by atoms with Gasteiger partial charge in [0.05, 0.1) is 18.6 Å². The molecule has 1 fully saturated rings. The van der Waals surface area contributed by atoms with Crippen LogP contribution in [-0.2, 0) is 6.54 Å². The minimum atomic E-state index is 0.196. The summed E-state index contributed by atoms with van der Waals surface area (Å²) in [5.41, 5.74) is 6.40. The van der Waals surface area contributed by atoms with Gasteiger partial charge in [-0.3, -0.25) is 4.99 Å². The predicted octanol–water partition coefficient (Wildman–Crippen LogP) is 3.46. The second-order valence-electron chi connectivity index (χ2n) is 6.66. The van der Waals surface area contributed by atoms with Crippen LogP contribution in [0.3, 0.4) is 0 Å². The van der Waals surface area contributed by atoms with E-state index in [1.165, 1.54) is 30.6 Å². The first-order valence-electron chi connectivity index (χ1n) is 7.71. The molecule has 0 aromatic carbocycles. The molecule has 2 atom stereocenters. The molecule has 2 unspecified atom stereocenters. The fourth-order valence-electron chi connectivity index (χ4n) is 3.79. The summed E-state index contributed by atoms with van der Waals surface area (Å²) in [4.78, 5) is 8.38. The summed E-state index contributed by atoms with van der Waals surface area (Å²) in [6, 6.07) is 4.32. The SMILES string of the molecule is CC(C)C1CCCC2(CN=C(N)N2Cc2cccs2)C1. The van der Waals surface area contributed by atoms with E-state index in [2.05, 4.69) is 41.3 Å². The number of guanidine groups is 1. The quantitative estimate of drug-likeness (QED) is 0.926. The molecular formula is C16H25N3S. The summed E-state index contributed by atoms with van der Waals surface area (Å²) in [6.07, 6.45) is 5.17. The number of hydrogen-bond acceptors (Lipinski definition) is 4. The molecule has 20 heavy (non-hydrogen) atoms. The van der Waals surface area contributed by atoms with Crippen molar-refractivity contribution in [2.24, 2.45) is 22.6 Å². The lowest BCUT2D eigenvalue weighted by molar-refractivity contribution is 0.0857. The van der Waals surface area contributed by atoms with Gasteiger partial charge in [0.2, 0.25) is 0 Å². The number of nitrogens with two attached hydrogens (primary N) is 1. The largest absolute Gasteiger partial charge is 0.370 e. The number of nitrogens with zero attached hydrogens (tertiary/aromatic N) is 2. The minimum Gasteiger partial charge on any atom is -0.370 e. The van der Waals surface area contributed by atoms with Gasteiger partial charge in [0.25, 0.3) is 0 Å². The van der Waals surface area contributed by atoms with Gasteiger partial charge < -0.3 is 10.6 Å². The molecule has 0 saturated heterocycles. The van der Waals surface area contributed by atoms with Crippen LogP contribution in [0, 0.1) is 11.8 Å². The first-order valence-corrected chi connectivity index (χ1v) is 8.59. The van der Waals surface area contributed by atoms with Crippen LogP contribution in [0.15, 0.2) is 22.5 Å². The first kappa shape index (κ1) is 13.9. The van der Waals surface area contributed by atoms with Crippen molar-refractivity contribution in [3.05, 3.63) is 22.4 Å². The summed E-state index contributed by atoms with van der Waals surface area (Å²) >= 11 is 1.81. The highest BCUT2D eigenvalue weighted by atomic mass is 32.1. The molecule has 1 aromatic heterocycles. The maximum Gasteiger partial charge on any atom is 0.192 e. The number of hydrogen-bond donors (Lipinski definition) is 1. The van der Waals surface area contributed by atoms with E-state index in [0.717, 1.165) is 30.9 Å². The van der Waals surface area contributed by atoms with Crippen molar-refractivity contribution in [2.45, 2.75) is 51.6 Å². The summed E-state index contributed by atoms with van der Waals surface area (Å²) in [5.74, 6) is 2.33. The van der Waals surface area contributed by atoms with E-state index >= 15 is 0 Å². The lowest BCUT2D eigenvalue weighted by Crippen LogP contribution is -2.53. The second-order valence-corrected chi connectivity index (χ2v) is 7.70. The van der Waals surface area contributed by atoms with Crippen molar-refractivity contribution < 1.29 is 0 Å². The van der Waals surface area contributed by atoms with E-state index < -0.39 is 0 Å². The van der Waals surface area contributed by atoms with Crippen LogP contribution in [0.4, 0.5) is 0 Å². The molecule has 110 valence electrons. The summed E-state index contributed by atoms with van der Waals surface area (Å²) in [7, 11) is 0. The van der Waals surface area contributed by atoms with Crippen molar-refractivity contribution in [1.82, 2.24) is 4.90 Å². The standard InChI is InChI=1S/C16H25N3S/c1-12(2)13-5-3-7-16(9-13)11-18-15(17)19(16)10-14-6-4-8-20-14/h4,6,8,12-13H,3,5,7,9-11H2,1-2H3,(H2,17,18). The number of thiophene rings is 1. The zero-order valence-electron chi connectivity index (χ0n) is 12.5. The van der Waals surface area contributed by atoms with Gasteiger partial charge >= 0.3 is 0 Å². The molecule has 1 aromatic rings. The molecule has 1 spiro atoms. The van der Waals surface area contributed by atoms with Crippen LogP contribution in [0.2, 0.25) is 0 Å². The highest BCUT2D eigenvalue weighted by Gasteiger charge is 2.45. The highest BCUT2D eigenvalue weighted by molar-refractivity contribution is 7.09. The maximum atomic E-state index is 6.20. The fourth-order valence-corrected chi connectivity index (χ4v) is 4.48. The van der Waals surface area contributed by atoms with E-state index in [9.17, 15) is 0 Å². The van der Waals surface area contributed by atoms with E-state index in [1.807, 2.05) is 11.3 Å². The molecule has 3 rings (SSSR count). The van der Waals surface area contributed by atoms with Crippen LogP contribution in [0.5, 0.6) is 0 Å². The average molecular weight is 291 g/mol. The zero-order chi connectivity index (χ0) is 14.2. The normalized spacial score (nSPS) is 30.2. The Morgan fingerprint density at radius 1 is 1.55 bits per heavy atom. The number of rotatable bonds is 3. The zero-order valence-corrected chi connectivity index (χ0v) is 13.3. The monoisotopic (exact) mass is 291 g/mol. The molecule has 0 radical (unpaired) electrons. The van der Waals surface area contributed by atoms with Gasteiger partial charge in [-0.15, -0.1) is 11.3 Å². The Hall–Kier alpha value is -1.03. The molecular weight excluding hydrogens is 266 g/mol. The maximum absolute atomic E-state index is 6.20. The van der Waals surface area contributed by atoms with E-state index in [-0.39, 0.29) is 5.54 Å². The van der Waals surface area contributed by atoms with Crippen molar-refractivity contribution in [3.63, 3.8) is 0 Å². The van der Waals surface area contributed by atoms with Gasteiger partial charge in [-0.2, -0.15) is 0 Å². The Morgan fingerprint density at radius 3 is 3.10 bits per heavy atom. The van der Waals surface area contributed by atoms with E-state index in [4.69, 9.17) is 5.73 Å². The smallest absolute Gasteiger partial charge is 0.192 e. The third-order valence-electron chi connectivity index (χ3n) is 5.08. The molecule has 1 aliphatic heterocycles. The molecule has 1 aliphatic carbocycles. The Kier molecular flexibility index (Phi) is 3.76. The third-order valence-corrected chi connectivity index (χ3v) is 5.94. The molecule has 2 aliphatic rings. The Bertz CT molecular complexity index is 480. The Balaban J connectivity index is 1.80. The first-order chi connectivity index (χ1) is 9.61. The molecule has 0 amide bonds. The Morgan fingerprint density at radius 2 is 2.40 bits per heavy atom. The molecule has 0 bridgehead atoms. The number of aliphatic imine (C=N–C) groups is 1. The molecule has 1 saturated carbocycles. The van der Waals surface area contributed by atoms with Crippen LogP contribution in [-0.4, -0.2) is 22.9 Å². The van der Waals surface area contributed by atoms with Crippen LogP contribution < -0.4 is 5.73 Å². The van der Waals surface area contributed by atoms with Gasteiger partial charge in [-0.25, -0.2) is 0 Å². The lowest BCUT2D eigenvalue weighted by atomic mass is 9.71. The van der Waals surface area contributed by atoms with E-state index in [1.54, 1.807) is 0 Å². The summed E-state index contributed by atoms with van der Waals surface area (Å²) in [6.45, 7) is 6.53. The molecule has 4 heteroatoms. The highest BCUT2D eigenvalue weighted by Crippen LogP contribution is 2.43. The van der Waals surface area contributed by atoms with Crippen molar-refractivity contribution in [1.29, 1.82) is 0 Å². The van der Waals surface area contributed by atoms with Crippen molar-refractivity contribution >= 4 is 17.3 Å².